The van der Waals surface area contributed by atoms with E-state index in [4.69, 9.17) is 10.8 Å². The minimum Gasteiger partial charge on any atom is -0.480 e. The van der Waals surface area contributed by atoms with Gasteiger partial charge in [-0.1, -0.05) is 0 Å². The van der Waals surface area contributed by atoms with Crippen molar-refractivity contribution >= 4 is 33.7 Å². The van der Waals surface area contributed by atoms with E-state index in [0.29, 0.717) is 4.60 Å². The molecule has 0 unspecified atom stereocenters. The Morgan fingerprint density at radius 2 is 2.16 bits per heavy atom. The predicted molar refractivity (Wildman–Crippen MR) is 69.3 cm³/mol. The van der Waals surface area contributed by atoms with E-state index < -0.39 is 23.8 Å². The number of primary amides is 1. The molecule has 1 aromatic heterocycles. The molecule has 0 aliphatic heterocycles. The molecular weight excluding hydrogens is 318 g/mol. The van der Waals surface area contributed by atoms with Crippen molar-refractivity contribution in [3.05, 3.63) is 28.5 Å². The summed E-state index contributed by atoms with van der Waals surface area (Å²) in [6.07, 6.45) is 1.25. The Labute approximate surface area is 117 Å². The number of aromatic nitrogens is 1. The lowest BCUT2D eigenvalue weighted by Crippen LogP contribution is -2.41. The van der Waals surface area contributed by atoms with E-state index in [0.717, 1.165) is 0 Å². The molecule has 1 rings (SSSR count). The summed E-state index contributed by atoms with van der Waals surface area (Å²) in [5.41, 5.74) is 5.21. The van der Waals surface area contributed by atoms with Crippen LogP contribution in [0.2, 0.25) is 0 Å². The van der Waals surface area contributed by atoms with E-state index in [1.165, 1.54) is 18.3 Å². The molecule has 1 heterocycles. The lowest BCUT2D eigenvalue weighted by atomic mass is 10.1. The van der Waals surface area contributed by atoms with E-state index >= 15 is 0 Å². The normalized spacial score (nSPS) is 11.6. The maximum Gasteiger partial charge on any atom is 0.326 e. The number of nitrogens with zero attached hydrogens (tertiary/aromatic N) is 1. The van der Waals surface area contributed by atoms with Crippen LogP contribution < -0.4 is 11.1 Å². The van der Waals surface area contributed by atoms with E-state index in [-0.39, 0.29) is 18.4 Å². The van der Waals surface area contributed by atoms with Gasteiger partial charge in [0.25, 0.3) is 5.91 Å². The van der Waals surface area contributed by atoms with Gasteiger partial charge in [0.05, 0.1) is 0 Å². The zero-order valence-electron chi connectivity index (χ0n) is 9.80. The smallest absolute Gasteiger partial charge is 0.326 e. The van der Waals surface area contributed by atoms with Crippen LogP contribution >= 0.6 is 15.9 Å². The van der Waals surface area contributed by atoms with Crippen LogP contribution in [0.5, 0.6) is 0 Å². The number of aliphatic carboxylic acids is 1. The molecule has 1 atom stereocenters. The molecular formula is C11H12BrN3O4. The summed E-state index contributed by atoms with van der Waals surface area (Å²) in [5.74, 6) is -2.39. The van der Waals surface area contributed by atoms with Gasteiger partial charge in [-0.3, -0.25) is 9.59 Å². The van der Waals surface area contributed by atoms with E-state index in [1.807, 2.05) is 0 Å². The average molecular weight is 330 g/mol. The number of carboxylic acids is 1. The second-order valence-electron chi connectivity index (χ2n) is 3.74. The fraction of sp³-hybridized carbons (Fsp3) is 0.273. The fourth-order valence-electron chi connectivity index (χ4n) is 1.33. The molecule has 0 aliphatic carbocycles. The molecule has 0 radical (unpaired) electrons. The maximum absolute atomic E-state index is 11.8. The van der Waals surface area contributed by atoms with Crippen LogP contribution in [0.4, 0.5) is 0 Å². The number of hydrogen-bond donors (Lipinski definition) is 3. The Bertz CT molecular complexity index is 506. The molecule has 0 aromatic carbocycles. The van der Waals surface area contributed by atoms with Crippen molar-refractivity contribution in [2.75, 3.05) is 0 Å². The Hall–Kier alpha value is -1.96. The highest BCUT2D eigenvalue weighted by Crippen LogP contribution is 2.08. The number of pyridine rings is 1. The van der Waals surface area contributed by atoms with Gasteiger partial charge in [-0.05, 0) is 34.5 Å². The fourth-order valence-corrected chi connectivity index (χ4v) is 1.69. The Morgan fingerprint density at radius 1 is 1.47 bits per heavy atom. The molecule has 0 fully saturated rings. The highest BCUT2D eigenvalue weighted by atomic mass is 79.9. The summed E-state index contributed by atoms with van der Waals surface area (Å²) < 4.78 is 0.462. The molecule has 0 bridgehead atoms. The zero-order chi connectivity index (χ0) is 14.4. The van der Waals surface area contributed by atoms with Crippen LogP contribution in [0.15, 0.2) is 22.9 Å². The van der Waals surface area contributed by atoms with Gasteiger partial charge < -0.3 is 16.2 Å². The van der Waals surface area contributed by atoms with E-state index in [2.05, 4.69) is 26.2 Å². The van der Waals surface area contributed by atoms with Gasteiger partial charge in [0.2, 0.25) is 5.91 Å². The summed E-state index contributed by atoms with van der Waals surface area (Å²) in [7, 11) is 0. The lowest BCUT2D eigenvalue weighted by molar-refractivity contribution is -0.139. The van der Waals surface area contributed by atoms with E-state index in [1.54, 1.807) is 0 Å². The van der Waals surface area contributed by atoms with Crippen LogP contribution in [0.3, 0.4) is 0 Å². The summed E-state index contributed by atoms with van der Waals surface area (Å²) in [6, 6.07) is 1.75. The van der Waals surface area contributed by atoms with Crippen LogP contribution in [-0.2, 0) is 9.59 Å². The first kappa shape index (κ1) is 15.1. The predicted octanol–water partition coefficient (Wildman–Crippen LogP) is 0.293. The molecule has 8 heteroatoms. The third-order valence-electron chi connectivity index (χ3n) is 2.27. The zero-order valence-corrected chi connectivity index (χ0v) is 11.4. The van der Waals surface area contributed by atoms with Crippen molar-refractivity contribution in [2.24, 2.45) is 5.73 Å². The largest absolute Gasteiger partial charge is 0.480 e. The average Bonchev–Trinajstić information content (AvgIpc) is 2.33. The molecule has 2 amide bonds. The third-order valence-corrected chi connectivity index (χ3v) is 2.71. The van der Waals surface area contributed by atoms with Gasteiger partial charge in [0.15, 0.2) is 0 Å². The summed E-state index contributed by atoms with van der Waals surface area (Å²) in [6.45, 7) is 0. The minimum atomic E-state index is -1.22. The quantitative estimate of drug-likeness (QED) is 0.647. The second kappa shape index (κ2) is 6.83. The number of hydrogen-bond acceptors (Lipinski definition) is 4. The number of rotatable bonds is 6. The summed E-state index contributed by atoms with van der Waals surface area (Å²) in [4.78, 5) is 37.3. The van der Waals surface area contributed by atoms with Gasteiger partial charge in [-0.15, -0.1) is 0 Å². The molecule has 102 valence electrons. The highest BCUT2D eigenvalue weighted by molar-refractivity contribution is 9.10. The van der Waals surface area contributed by atoms with Gasteiger partial charge in [-0.2, -0.15) is 0 Å². The number of nitrogens with one attached hydrogen (secondary N) is 1. The number of nitrogens with two attached hydrogens (primary N) is 1. The van der Waals surface area contributed by atoms with Crippen LogP contribution in [-0.4, -0.2) is 33.9 Å². The van der Waals surface area contributed by atoms with Crippen molar-refractivity contribution in [3.8, 4) is 0 Å². The summed E-state index contributed by atoms with van der Waals surface area (Å²) >= 11 is 3.11. The molecule has 0 saturated heterocycles. The van der Waals surface area contributed by atoms with Crippen LogP contribution in [0.1, 0.15) is 23.2 Å². The molecule has 0 aliphatic rings. The van der Waals surface area contributed by atoms with Gasteiger partial charge in [-0.25, -0.2) is 9.78 Å². The maximum atomic E-state index is 11.8. The molecule has 4 N–H and O–H groups in total. The summed E-state index contributed by atoms with van der Waals surface area (Å²) in [5, 5.41) is 11.3. The number of carbonyl (C=O) groups is 3. The monoisotopic (exact) mass is 329 g/mol. The number of carboxylic acid groups (broad SMARTS) is 1. The van der Waals surface area contributed by atoms with Gasteiger partial charge in [0, 0.05) is 18.2 Å². The first-order valence-electron chi connectivity index (χ1n) is 5.33. The molecule has 1 aromatic rings. The minimum absolute atomic E-state index is 0.0529. The van der Waals surface area contributed by atoms with Crippen molar-refractivity contribution in [1.82, 2.24) is 10.3 Å². The standard InChI is InChI=1S/C11H12BrN3O4/c12-8-5-6(3-4-14-8)10(17)15-7(11(18)19)1-2-9(13)16/h3-5,7H,1-2H2,(H2,13,16)(H,15,17)(H,18,19)/t7-/m1/s1. The first-order valence-corrected chi connectivity index (χ1v) is 6.13. The van der Waals surface area contributed by atoms with Crippen molar-refractivity contribution in [2.45, 2.75) is 18.9 Å². The number of halogens is 1. The SMILES string of the molecule is NC(=O)CC[C@@H](NC(=O)c1ccnc(Br)c1)C(=O)O. The molecule has 0 saturated carbocycles. The Morgan fingerprint density at radius 3 is 2.68 bits per heavy atom. The van der Waals surface area contributed by atoms with Crippen molar-refractivity contribution in [1.29, 1.82) is 0 Å². The van der Waals surface area contributed by atoms with Crippen LogP contribution in [0, 0.1) is 0 Å². The third kappa shape index (κ3) is 5.04. The topological polar surface area (TPSA) is 122 Å². The Balaban J connectivity index is 2.71. The first-order chi connectivity index (χ1) is 8.90. The number of amides is 2. The van der Waals surface area contributed by atoms with Crippen molar-refractivity contribution in [3.63, 3.8) is 0 Å². The van der Waals surface area contributed by atoms with Crippen LogP contribution in [0.25, 0.3) is 0 Å². The lowest BCUT2D eigenvalue weighted by Gasteiger charge is -2.13. The molecule has 0 spiro atoms. The van der Waals surface area contributed by atoms with Gasteiger partial charge >= 0.3 is 5.97 Å². The number of carbonyl (C=O) groups excluding carboxylic acids is 2. The van der Waals surface area contributed by atoms with Gasteiger partial charge in [0.1, 0.15) is 10.6 Å². The van der Waals surface area contributed by atoms with Crippen molar-refractivity contribution < 1.29 is 19.5 Å². The van der Waals surface area contributed by atoms with E-state index in [9.17, 15) is 14.4 Å². The Kier molecular flexibility index (Phi) is 5.43. The molecule has 19 heavy (non-hydrogen) atoms. The highest BCUT2D eigenvalue weighted by Gasteiger charge is 2.21. The molecule has 7 nitrogen and oxygen atoms in total. The second-order valence-corrected chi connectivity index (χ2v) is 4.55.